The lowest BCUT2D eigenvalue weighted by Crippen LogP contribution is -2.28. The second kappa shape index (κ2) is 6.86. The number of amides is 1. The number of rotatable bonds is 6. The summed E-state index contributed by atoms with van der Waals surface area (Å²) in [5, 5.41) is 11.6. The third kappa shape index (κ3) is 3.92. The third-order valence-corrected chi connectivity index (χ3v) is 2.72. The van der Waals surface area contributed by atoms with Gasteiger partial charge < -0.3 is 20.9 Å². The Kier molecular flexibility index (Phi) is 5.45. The van der Waals surface area contributed by atoms with Crippen LogP contribution in [0.1, 0.15) is 23.7 Å². The van der Waals surface area contributed by atoms with Crippen LogP contribution in [-0.2, 0) is 0 Å². The molecular weight excluding hydrogens is 232 g/mol. The first-order chi connectivity index (χ1) is 8.58. The number of ether oxygens (including phenoxy) is 1. The molecule has 5 nitrogen and oxygen atoms in total. The van der Waals surface area contributed by atoms with Gasteiger partial charge in [-0.3, -0.25) is 4.79 Å². The lowest BCUT2D eigenvalue weighted by Gasteiger charge is -2.12. The van der Waals surface area contributed by atoms with Crippen molar-refractivity contribution in [1.29, 1.82) is 0 Å². The Morgan fingerprint density at radius 2 is 2.28 bits per heavy atom. The van der Waals surface area contributed by atoms with Crippen LogP contribution in [0.25, 0.3) is 0 Å². The summed E-state index contributed by atoms with van der Waals surface area (Å²) in [5.74, 6) is 0.629. The Morgan fingerprint density at radius 3 is 2.83 bits per heavy atom. The number of nitrogens with one attached hydrogen (secondary N) is 1. The molecule has 100 valence electrons. The highest BCUT2D eigenvalue weighted by Gasteiger charge is 2.09. The number of aliphatic hydroxyl groups excluding tert-OH is 1. The summed E-state index contributed by atoms with van der Waals surface area (Å²) in [6, 6.07) is 4.92. The average Bonchev–Trinajstić information content (AvgIpc) is 2.36. The summed E-state index contributed by atoms with van der Waals surface area (Å²) in [4.78, 5) is 11.8. The maximum atomic E-state index is 11.8. The number of methoxy groups -OCH3 is 1. The van der Waals surface area contributed by atoms with E-state index in [2.05, 4.69) is 5.32 Å². The van der Waals surface area contributed by atoms with Crippen LogP contribution >= 0.6 is 0 Å². The largest absolute Gasteiger partial charge is 0.495 e. The highest BCUT2D eigenvalue weighted by molar-refractivity contribution is 5.95. The first-order valence-electron chi connectivity index (χ1n) is 5.91. The Labute approximate surface area is 107 Å². The van der Waals surface area contributed by atoms with Gasteiger partial charge in [0, 0.05) is 18.7 Å². The number of nitrogens with two attached hydrogens (primary N) is 1. The zero-order valence-corrected chi connectivity index (χ0v) is 10.8. The number of benzene rings is 1. The van der Waals surface area contributed by atoms with Crippen LogP contribution in [0.2, 0.25) is 0 Å². The second-order valence-corrected chi connectivity index (χ2v) is 4.28. The van der Waals surface area contributed by atoms with E-state index in [0.29, 0.717) is 30.0 Å². The molecule has 4 N–H and O–H groups in total. The van der Waals surface area contributed by atoms with E-state index in [0.717, 1.165) is 0 Å². The predicted octanol–water partition coefficient (Wildman–Crippen LogP) is 1.03. The molecule has 0 aliphatic heterocycles. The molecule has 0 radical (unpaired) electrons. The zero-order chi connectivity index (χ0) is 13.5. The molecule has 0 bridgehead atoms. The number of anilines is 1. The molecule has 1 amide bonds. The molecule has 0 aliphatic carbocycles. The molecule has 1 unspecified atom stereocenters. The smallest absolute Gasteiger partial charge is 0.251 e. The molecule has 5 heteroatoms. The van der Waals surface area contributed by atoms with Gasteiger partial charge in [0.1, 0.15) is 5.75 Å². The third-order valence-electron chi connectivity index (χ3n) is 2.72. The van der Waals surface area contributed by atoms with Crippen molar-refractivity contribution in [3.63, 3.8) is 0 Å². The molecule has 1 rings (SSSR count). The van der Waals surface area contributed by atoms with Crippen LogP contribution in [0.4, 0.5) is 5.69 Å². The van der Waals surface area contributed by atoms with Crippen LogP contribution in [0.15, 0.2) is 18.2 Å². The standard InChI is InChI=1S/C13H20N2O3/c1-9(5-6-16)8-15-13(17)10-3-4-12(18-2)11(14)7-10/h3-4,7,9,16H,5-6,8,14H2,1-2H3,(H,15,17). The summed E-state index contributed by atoms with van der Waals surface area (Å²) in [6.45, 7) is 2.64. The molecule has 18 heavy (non-hydrogen) atoms. The zero-order valence-electron chi connectivity index (χ0n) is 10.8. The summed E-state index contributed by atoms with van der Waals surface area (Å²) >= 11 is 0. The van der Waals surface area contributed by atoms with Gasteiger partial charge in [-0.15, -0.1) is 0 Å². The van der Waals surface area contributed by atoms with Crippen molar-refractivity contribution in [1.82, 2.24) is 5.32 Å². The minimum Gasteiger partial charge on any atom is -0.495 e. The normalized spacial score (nSPS) is 11.9. The summed E-state index contributed by atoms with van der Waals surface area (Å²) in [5.41, 5.74) is 6.68. The highest BCUT2D eigenvalue weighted by atomic mass is 16.5. The van der Waals surface area contributed by atoms with Crippen molar-refractivity contribution < 1.29 is 14.6 Å². The fraction of sp³-hybridized carbons (Fsp3) is 0.462. The number of carbonyl (C=O) groups is 1. The summed E-state index contributed by atoms with van der Waals surface area (Å²) < 4.78 is 5.03. The van der Waals surface area contributed by atoms with Gasteiger partial charge in [0.25, 0.3) is 5.91 Å². The molecule has 1 aromatic carbocycles. The Balaban J connectivity index is 2.59. The van der Waals surface area contributed by atoms with Gasteiger partial charge in [0.15, 0.2) is 0 Å². The minimum atomic E-state index is -0.172. The maximum absolute atomic E-state index is 11.8. The van der Waals surface area contributed by atoms with Crippen molar-refractivity contribution in [2.75, 3.05) is 26.0 Å². The van der Waals surface area contributed by atoms with E-state index in [4.69, 9.17) is 15.6 Å². The quantitative estimate of drug-likeness (QED) is 0.660. The van der Waals surface area contributed by atoms with Gasteiger partial charge in [0.2, 0.25) is 0 Å². The first kappa shape index (κ1) is 14.3. The summed E-state index contributed by atoms with van der Waals surface area (Å²) in [7, 11) is 1.53. The van der Waals surface area contributed by atoms with Gasteiger partial charge in [-0.2, -0.15) is 0 Å². The van der Waals surface area contributed by atoms with E-state index in [1.807, 2.05) is 6.92 Å². The fourth-order valence-corrected chi connectivity index (χ4v) is 1.57. The number of nitrogen functional groups attached to an aromatic ring is 1. The van der Waals surface area contributed by atoms with Crippen LogP contribution in [0, 0.1) is 5.92 Å². The van der Waals surface area contributed by atoms with Gasteiger partial charge in [-0.25, -0.2) is 0 Å². The average molecular weight is 252 g/mol. The van der Waals surface area contributed by atoms with Crippen molar-refractivity contribution in [3.8, 4) is 5.75 Å². The van der Waals surface area contributed by atoms with Crippen LogP contribution in [-0.4, -0.2) is 31.3 Å². The SMILES string of the molecule is COc1ccc(C(=O)NCC(C)CCO)cc1N. The van der Waals surface area contributed by atoms with E-state index < -0.39 is 0 Å². The Bertz CT molecular complexity index is 407. The van der Waals surface area contributed by atoms with Gasteiger partial charge in [-0.05, 0) is 30.5 Å². The molecule has 0 fully saturated rings. The number of carbonyl (C=O) groups excluding carboxylic acids is 1. The monoisotopic (exact) mass is 252 g/mol. The van der Waals surface area contributed by atoms with E-state index in [9.17, 15) is 4.79 Å². The number of hydrogen-bond donors (Lipinski definition) is 3. The van der Waals surface area contributed by atoms with Gasteiger partial charge >= 0.3 is 0 Å². The molecule has 0 saturated heterocycles. The minimum absolute atomic E-state index is 0.131. The molecule has 0 aromatic heterocycles. The van der Waals surface area contributed by atoms with E-state index in [-0.39, 0.29) is 18.4 Å². The van der Waals surface area contributed by atoms with Crippen molar-refractivity contribution in [2.45, 2.75) is 13.3 Å². The first-order valence-corrected chi connectivity index (χ1v) is 5.91. The van der Waals surface area contributed by atoms with Crippen LogP contribution in [0.5, 0.6) is 5.75 Å². The molecule has 0 saturated carbocycles. The Hall–Kier alpha value is -1.75. The van der Waals surface area contributed by atoms with Crippen molar-refractivity contribution in [2.24, 2.45) is 5.92 Å². The van der Waals surface area contributed by atoms with E-state index in [1.54, 1.807) is 18.2 Å². The van der Waals surface area contributed by atoms with Gasteiger partial charge in [0.05, 0.1) is 12.8 Å². The van der Waals surface area contributed by atoms with Crippen LogP contribution < -0.4 is 15.8 Å². The Morgan fingerprint density at radius 1 is 1.56 bits per heavy atom. The summed E-state index contributed by atoms with van der Waals surface area (Å²) in [6.07, 6.45) is 0.672. The molecule has 0 spiro atoms. The highest BCUT2D eigenvalue weighted by Crippen LogP contribution is 2.21. The number of hydrogen-bond acceptors (Lipinski definition) is 4. The van der Waals surface area contributed by atoms with Gasteiger partial charge in [-0.1, -0.05) is 6.92 Å². The molecule has 1 aromatic rings. The lowest BCUT2D eigenvalue weighted by atomic mass is 10.1. The maximum Gasteiger partial charge on any atom is 0.251 e. The molecule has 0 aliphatic rings. The number of aliphatic hydroxyl groups is 1. The van der Waals surface area contributed by atoms with E-state index in [1.165, 1.54) is 7.11 Å². The predicted molar refractivity (Wildman–Crippen MR) is 70.6 cm³/mol. The molecule has 1 atom stereocenters. The van der Waals surface area contributed by atoms with E-state index >= 15 is 0 Å². The fourth-order valence-electron chi connectivity index (χ4n) is 1.57. The van der Waals surface area contributed by atoms with Crippen molar-refractivity contribution in [3.05, 3.63) is 23.8 Å². The molecular formula is C13H20N2O3. The van der Waals surface area contributed by atoms with Crippen LogP contribution in [0.3, 0.4) is 0 Å². The topological polar surface area (TPSA) is 84.6 Å². The van der Waals surface area contributed by atoms with Crippen molar-refractivity contribution >= 4 is 11.6 Å². The molecule has 0 heterocycles. The second-order valence-electron chi connectivity index (χ2n) is 4.28. The lowest BCUT2D eigenvalue weighted by molar-refractivity contribution is 0.0945.